The minimum absolute atomic E-state index is 0.452. The van der Waals surface area contributed by atoms with Crippen molar-refractivity contribution in [2.75, 3.05) is 40.0 Å². The van der Waals surface area contributed by atoms with E-state index in [4.69, 9.17) is 9.47 Å². The van der Waals surface area contributed by atoms with Gasteiger partial charge in [-0.05, 0) is 31.6 Å². The molecule has 0 aromatic rings. The van der Waals surface area contributed by atoms with E-state index in [0.29, 0.717) is 17.9 Å². The smallest absolute Gasteiger partial charge is 0.191 e. The maximum absolute atomic E-state index is 5.75. The lowest BCUT2D eigenvalue weighted by Crippen LogP contribution is -2.46. The summed E-state index contributed by atoms with van der Waals surface area (Å²) < 4.78 is 11.1. The van der Waals surface area contributed by atoms with E-state index in [-0.39, 0.29) is 0 Å². The number of aliphatic imine (C=N–C) groups is 1. The zero-order valence-electron chi connectivity index (χ0n) is 16.6. The fourth-order valence-corrected chi connectivity index (χ4v) is 3.96. The van der Waals surface area contributed by atoms with Crippen molar-refractivity contribution in [1.29, 1.82) is 0 Å². The van der Waals surface area contributed by atoms with Gasteiger partial charge in [-0.3, -0.25) is 4.99 Å². The molecule has 0 aromatic carbocycles. The zero-order chi connectivity index (χ0) is 17.9. The molecular formula is C20H39N3O2. The van der Waals surface area contributed by atoms with Crippen LogP contribution in [0.2, 0.25) is 0 Å². The third-order valence-electron chi connectivity index (χ3n) is 5.91. The van der Waals surface area contributed by atoms with Gasteiger partial charge in [-0.2, -0.15) is 0 Å². The number of hydrogen-bond donors (Lipinski definition) is 2. The van der Waals surface area contributed by atoms with Gasteiger partial charge in [0.1, 0.15) is 0 Å². The van der Waals surface area contributed by atoms with Crippen molar-refractivity contribution in [3.05, 3.63) is 0 Å². The monoisotopic (exact) mass is 353 g/mol. The minimum atomic E-state index is 0.452. The van der Waals surface area contributed by atoms with Crippen LogP contribution in [0.4, 0.5) is 0 Å². The van der Waals surface area contributed by atoms with Gasteiger partial charge >= 0.3 is 0 Å². The van der Waals surface area contributed by atoms with E-state index in [1.54, 1.807) is 0 Å². The van der Waals surface area contributed by atoms with Crippen LogP contribution in [0.1, 0.15) is 58.8 Å². The number of ether oxygens (including phenoxy) is 2. The Hall–Kier alpha value is -0.810. The van der Waals surface area contributed by atoms with Crippen molar-refractivity contribution in [1.82, 2.24) is 10.6 Å². The Labute approximate surface area is 154 Å². The molecule has 1 saturated heterocycles. The van der Waals surface area contributed by atoms with Crippen LogP contribution in [0.25, 0.3) is 0 Å². The van der Waals surface area contributed by atoms with Crippen molar-refractivity contribution < 1.29 is 9.47 Å². The zero-order valence-corrected chi connectivity index (χ0v) is 16.6. The van der Waals surface area contributed by atoms with E-state index in [1.807, 2.05) is 7.05 Å². The fourth-order valence-electron chi connectivity index (χ4n) is 3.96. The summed E-state index contributed by atoms with van der Waals surface area (Å²) in [4.78, 5) is 4.37. The molecule has 5 heteroatoms. The lowest BCUT2D eigenvalue weighted by atomic mass is 9.78. The molecule has 3 atom stereocenters. The van der Waals surface area contributed by atoms with Crippen molar-refractivity contribution in [3.63, 3.8) is 0 Å². The summed E-state index contributed by atoms with van der Waals surface area (Å²) in [5.74, 6) is 3.07. The summed E-state index contributed by atoms with van der Waals surface area (Å²) in [5.41, 5.74) is 0. The van der Waals surface area contributed by atoms with E-state index < -0.39 is 0 Å². The van der Waals surface area contributed by atoms with Crippen LogP contribution in [0.5, 0.6) is 0 Å². The predicted molar refractivity (Wildman–Crippen MR) is 104 cm³/mol. The van der Waals surface area contributed by atoms with E-state index >= 15 is 0 Å². The summed E-state index contributed by atoms with van der Waals surface area (Å²) in [6, 6.07) is 0.452. The molecule has 2 N–H and O–H groups in total. The molecule has 2 fully saturated rings. The van der Waals surface area contributed by atoms with Gasteiger partial charge in [-0.15, -0.1) is 0 Å². The van der Waals surface area contributed by atoms with Gasteiger partial charge in [-0.1, -0.05) is 39.0 Å². The molecule has 0 bridgehead atoms. The highest BCUT2D eigenvalue weighted by Gasteiger charge is 2.24. The molecule has 5 nitrogen and oxygen atoms in total. The molecule has 146 valence electrons. The predicted octanol–water partition coefficient (Wildman–Crippen LogP) is 3.20. The molecule has 2 rings (SSSR count). The minimum Gasteiger partial charge on any atom is -0.381 e. The molecule has 3 unspecified atom stereocenters. The maximum atomic E-state index is 5.75. The van der Waals surface area contributed by atoms with Gasteiger partial charge in [0, 0.05) is 38.8 Å². The second-order valence-electron chi connectivity index (χ2n) is 7.85. The Bertz CT molecular complexity index is 377. The molecule has 0 aromatic heterocycles. The number of hydrogen-bond acceptors (Lipinski definition) is 3. The lowest BCUT2D eigenvalue weighted by Gasteiger charge is -2.32. The molecule has 25 heavy (non-hydrogen) atoms. The Balaban J connectivity index is 1.56. The SMILES string of the molecule is CN=C(NCCCOCC1CCOC1)NC(C)C(C)C1CCCCC1. The molecule has 1 aliphatic heterocycles. The highest BCUT2D eigenvalue weighted by atomic mass is 16.5. The lowest BCUT2D eigenvalue weighted by molar-refractivity contribution is 0.0888. The van der Waals surface area contributed by atoms with Crippen molar-refractivity contribution >= 4 is 5.96 Å². The average Bonchev–Trinajstić information content (AvgIpc) is 3.16. The first-order chi connectivity index (χ1) is 12.2. The molecular weight excluding hydrogens is 314 g/mol. The first kappa shape index (κ1) is 20.5. The van der Waals surface area contributed by atoms with Crippen LogP contribution in [0.3, 0.4) is 0 Å². The second kappa shape index (κ2) is 11.7. The summed E-state index contributed by atoms with van der Waals surface area (Å²) in [6.07, 6.45) is 9.16. The van der Waals surface area contributed by atoms with Gasteiger partial charge in [0.25, 0.3) is 0 Å². The van der Waals surface area contributed by atoms with Crippen molar-refractivity contribution in [3.8, 4) is 0 Å². The molecule has 0 spiro atoms. The van der Waals surface area contributed by atoms with Gasteiger partial charge in [0.05, 0.1) is 13.2 Å². The van der Waals surface area contributed by atoms with Crippen LogP contribution < -0.4 is 10.6 Å². The van der Waals surface area contributed by atoms with Crippen LogP contribution in [-0.2, 0) is 9.47 Å². The van der Waals surface area contributed by atoms with E-state index in [9.17, 15) is 0 Å². The van der Waals surface area contributed by atoms with E-state index in [1.165, 1.54) is 32.1 Å². The third kappa shape index (κ3) is 7.53. The summed E-state index contributed by atoms with van der Waals surface area (Å²) in [7, 11) is 1.85. The Morgan fingerprint density at radius 3 is 2.68 bits per heavy atom. The standard InChI is InChI=1S/C20H39N3O2/c1-16(19-8-5-4-6-9-19)17(2)23-20(21-3)22-11-7-12-24-14-18-10-13-25-15-18/h16-19H,4-15H2,1-3H3,(H2,21,22,23). The summed E-state index contributed by atoms with van der Waals surface area (Å²) >= 11 is 0. The van der Waals surface area contributed by atoms with Crippen LogP contribution in [-0.4, -0.2) is 52.0 Å². The van der Waals surface area contributed by atoms with Gasteiger partial charge < -0.3 is 20.1 Å². The summed E-state index contributed by atoms with van der Waals surface area (Å²) in [5, 5.41) is 7.00. The first-order valence-electron chi connectivity index (χ1n) is 10.3. The Morgan fingerprint density at radius 2 is 2.00 bits per heavy atom. The molecule has 2 aliphatic rings. The van der Waals surface area contributed by atoms with Gasteiger partial charge in [0.2, 0.25) is 0 Å². The quantitative estimate of drug-likeness (QED) is 0.380. The van der Waals surface area contributed by atoms with Crippen molar-refractivity contribution in [2.24, 2.45) is 22.7 Å². The van der Waals surface area contributed by atoms with Crippen LogP contribution >= 0.6 is 0 Å². The number of nitrogens with zero attached hydrogens (tertiary/aromatic N) is 1. The number of guanidine groups is 1. The molecule has 1 aliphatic carbocycles. The fraction of sp³-hybridized carbons (Fsp3) is 0.950. The number of rotatable bonds is 9. The largest absolute Gasteiger partial charge is 0.381 e. The van der Waals surface area contributed by atoms with Crippen LogP contribution in [0.15, 0.2) is 4.99 Å². The Morgan fingerprint density at radius 1 is 1.20 bits per heavy atom. The summed E-state index contributed by atoms with van der Waals surface area (Å²) in [6.45, 7) is 8.98. The number of nitrogens with one attached hydrogen (secondary N) is 2. The van der Waals surface area contributed by atoms with Gasteiger partial charge in [-0.25, -0.2) is 0 Å². The van der Waals surface area contributed by atoms with Crippen LogP contribution in [0, 0.1) is 17.8 Å². The average molecular weight is 354 g/mol. The first-order valence-corrected chi connectivity index (χ1v) is 10.3. The topological polar surface area (TPSA) is 54.9 Å². The molecule has 0 radical (unpaired) electrons. The highest BCUT2D eigenvalue weighted by Crippen LogP contribution is 2.31. The molecule has 0 amide bonds. The Kier molecular flexibility index (Phi) is 9.63. The molecule has 1 saturated carbocycles. The highest BCUT2D eigenvalue weighted by molar-refractivity contribution is 5.79. The third-order valence-corrected chi connectivity index (χ3v) is 5.91. The normalized spacial score (nSPS) is 24.9. The van der Waals surface area contributed by atoms with Crippen molar-refractivity contribution in [2.45, 2.75) is 64.8 Å². The van der Waals surface area contributed by atoms with E-state index in [2.05, 4.69) is 29.5 Å². The van der Waals surface area contributed by atoms with Gasteiger partial charge in [0.15, 0.2) is 5.96 Å². The maximum Gasteiger partial charge on any atom is 0.191 e. The second-order valence-corrected chi connectivity index (χ2v) is 7.85. The van der Waals surface area contributed by atoms with E-state index in [0.717, 1.165) is 57.7 Å². The molecule has 1 heterocycles.